The van der Waals surface area contributed by atoms with E-state index in [1.807, 2.05) is 11.7 Å². The Bertz CT molecular complexity index is 860. The molecule has 2 aromatic rings. The maximum atomic E-state index is 5.16. The van der Waals surface area contributed by atoms with Gasteiger partial charge in [0, 0.05) is 42.2 Å². The zero-order valence-electron chi connectivity index (χ0n) is 19.3. The Labute approximate surface area is 171 Å². The van der Waals surface area contributed by atoms with E-state index < -0.39 is 0 Å². The van der Waals surface area contributed by atoms with E-state index >= 15 is 0 Å². The molecule has 2 rings (SSSR count). The summed E-state index contributed by atoms with van der Waals surface area (Å²) in [6, 6.07) is 0.505. The summed E-state index contributed by atoms with van der Waals surface area (Å²) in [6.07, 6.45) is 9.90. The average Bonchev–Trinajstić information content (AvgIpc) is 3.14. The smallest absolute Gasteiger partial charge is 0.0913 e. The number of nitrogens with zero attached hydrogens (tertiary/aromatic N) is 4. The lowest BCUT2D eigenvalue weighted by Gasteiger charge is -2.17. The van der Waals surface area contributed by atoms with Gasteiger partial charge in [0.15, 0.2) is 0 Å². The van der Waals surface area contributed by atoms with E-state index in [0.717, 1.165) is 36.4 Å². The van der Waals surface area contributed by atoms with Gasteiger partial charge in [-0.25, -0.2) is 0 Å². The van der Waals surface area contributed by atoms with Crippen LogP contribution in [0, 0.1) is 13.8 Å². The van der Waals surface area contributed by atoms with Crippen LogP contribution in [0.5, 0.6) is 0 Å². The first-order valence-electron chi connectivity index (χ1n) is 10.7. The topological polar surface area (TPSA) is 35.1 Å². The van der Waals surface area contributed by atoms with Crippen LogP contribution < -0.4 is 0 Å². The van der Waals surface area contributed by atoms with Crippen molar-refractivity contribution in [3.8, 4) is 0 Å². The highest BCUT2D eigenvalue weighted by molar-refractivity contribution is 6.02. The molecule has 154 valence electrons. The second-order valence-electron chi connectivity index (χ2n) is 7.90. The molecule has 0 radical (unpaired) electrons. The SMILES string of the molecule is C/C=C/c1c(N=C(C)c2c(C(C)CC)nn(C)c2C)c(C)cn1C(CC)CC. The molecule has 4 nitrogen and oxygen atoms in total. The third-order valence-electron chi connectivity index (χ3n) is 5.97. The number of hydrogen-bond acceptors (Lipinski definition) is 2. The molecule has 0 bridgehead atoms. The van der Waals surface area contributed by atoms with Gasteiger partial charge in [-0.05, 0) is 58.6 Å². The average molecular weight is 383 g/mol. The summed E-state index contributed by atoms with van der Waals surface area (Å²) < 4.78 is 4.40. The Kier molecular flexibility index (Phi) is 7.45. The van der Waals surface area contributed by atoms with Crippen LogP contribution in [-0.2, 0) is 7.05 Å². The molecule has 0 spiro atoms. The molecule has 0 saturated carbocycles. The van der Waals surface area contributed by atoms with E-state index in [1.165, 1.54) is 22.5 Å². The van der Waals surface area contributed by atoms with Crippen LogP contribution in [0.1, 0.15) is 101 Å². The van der Waals surface area contributed by atoms with Gasteiger partial charge < -0.3 is 4.57 Å². The first-order valence-corrected chi connectivity index (χ1v) is 10.7. The molecule has 1 atom stereocenters. The summed E-state index contributed by atoms with van der Waals surface area (Å²) >= 11 is 0. The highest BCUT2D eigenvalue weighted by atomic mass is 15.3. The molecule has 0 aromatic carbocycles. The van der Waals surface area contributed by atoms with Crippen LogP contribution in [0.3, 0.4) is 0 Å². The monoisotopic (exact) mass is 382 g/mol. The summed E-state index contributed by atoms with van der Waals surface area (Å²) in [4.78, 5) is 5.16. The predicted octanol–water partition coefficient (Wildman–Crippen LogP) is 6.89. The van der Waals surface area contributed by atoms with E-state index in [4.69, 9.17) is 10.1 Å². The van der Waals surface area contributed by atoms with Crippen molar-refractivity contribution < 1.29 is 0 Å². The fourth-order valence-corrected chi connectivity index (χ4v) is 3.96. The molecule has 2 heterocycles. The molecule has 0 N–H and O–H groups in total. The Balaban J connectivity index is 2.66. The standard InChI is InChI=1S/C24H38N4/c1-10-14-21-23(17(6)15-28(21)20(12-3)13-4)25-18(7)22-19(8)27(9)26-24(22)16(5)11-2/h10,14-16,20H,11-13H2,1-9H3/b14-10+,25-18?. The van der Waals surface area contributed by atoms with E-state index in [2.05, 4.69) is 78.3 Å². The minimum Gasteiger partial charge on any atom is -0.343 e. The highest BCUT2D eigenvalue weighted by Gasteiger charge is 2.21. The molecule has 0 saturated heterocycles. The minimum absolute atomic E-state index is 0.422. The van der Waals surface area contributed by atoms with Gasteiger partial charge >= 0.3 is 0 Å². The van der Waals surface area contributed by atoms with Crippen LogP contribution in [-0.4, -0.2) is 20.1 Å². The number of hydrogen-bond donors (Lipinski definition) is 0. The van der Waals surface area contributed by atoms with Crippen LogP contribution >= 0.6 is 0 Å². The predicted molar refractivity (Wildman–Crippen MR) is 122 cm³/mol. The maximum Gasteiger partial charge on any atom is 0.0913 e. The van der Waals surface area contributed by atoms with Crippen LogP contribution in [0.4, 0.5) is 5.69 Å². The third kappa shape index (κ3) is 4.16. The first kappa shape index (κ1) is 22.2. The quantitative estimate of drug-likeness (QED) is 0.458. The lowest BCUT2D eigenvalue weighted by atomic mass is 9.97. The molecule has 28 heavy (non-hydrogen) atoms. The van der Waals surface area contributed by atoms with Crippen molar-refractivity contribution in [2.45, 2.75) is 86.6 Å². The van der Waals surface area contributed by atoms with Gasteiger partial charge in [0.2, 0.25) is 0 Å². The van der Waals surface area contributed by atoms with Gasteiger partial charge in [-0.2, -0.15) is 5.10 Å². The zero-order chi connectivity index (χ0) is 21.0. The molecular formula is C24H38N4. The van der Waals surface area contributed by atoms with E-state index in [9.17, 15) is 0 Å². The zero-order valence-corrected chi connectivity index (χ0v) is 19.3. The minimum atomic E-state index is 0.422. The van der Waals surface area contributed by atoms with Gasteiger partial charge in [-0.1, -0.05) is 33.8 Å². The summed E-state index contributed by atoms with van der Waals surface area (Å²) in [5, 5.41) is 4.80. The Hall–Kier alpha value is -2.10. The molecule has 0 fully saturated rings. The Morgan fingerprint density at radius 3 is 2.36 bits per heavy atom. The maximum absolute atomic E-state index is 5.16. The van der Waals surface area contributed by atoms with Gasteiger partial charge in [0.1, 0.15) is 0 Å². The first-order chi connectivity index (χ1) is 13.3. The molecule has 0 amide bonds. The van der Waals surface area contributed by atoms with Crippen LogP contribution in [0.15, 0.2) is 17.3 Å². The molecule has 2 aromatic heterocycles. The summed E-state index contributed by atoms with van der Waals surface area (Å²) in [7, 11) is 2.03. The van der Waals surface area contributed by atoms with Gasteiger partial charge in [-0.3, -0.25) is 9.67 Å². The number of aliphatic imine (C=N–C) groups is 1. The fraction of sp³-hybridized carbons (Fsp3) is 0.583. The summed E-state index contributed by atoms with van der Waals surface area (Å²) in [5.74, 6) is 0.422. The van der Waals surface area contributed by atoms with Crippen molar-refractivity contribution in [3.63, 3.8) is 0 Å². The molecule has 0 aliphatic carbocycles. The summed E-state index contributed by atoms with van der Waals surface area (Å²) in [6.45, 7) is 17.5. The largest absolute Gasteiger partial charge is 0.343 e. The highest BCUT2D eigenvalue weighted by Crippen LogP contribution is 2.34. The van der Waals surface area contributed by atoms with Crippen molar-refractivity contribution in [3.05, 3.63) is 40.5 Å². The molecule has 4 heteroatoms. The van der Waals surface area contributed by atoms with E-state index in [-0.39, 0.29) is 0 Å². The lowest BCUT2D eigenvalue weighted by molar-refractivity contribution is 0.471. The Morgan fingerprint density at radius 1 is 1.18 bits per heavy atom. The fourth-order valence-electron chi connectivity index (χ4n) is 3.96. The third-order valence-corrected chi connectivity index (χ3v) is 5.97. The molecule has 0 aliphatic rings. The Morgan fingerprint density at radius 2 is 1.82 bits per heavy atom. The van der Waals surface area contributed by atoms with E-state index in [0.29, 0.717) is 12.0 Å². The normalized spacial score (nSPS) is 13.9. The number of rotatable bonds is 8. The van der Waals surface area contributed by atoms with Gasteiger partial charge in [-0.15, -0.1) is 0 Å². The van der Waals surface area contributed by atoms with Gasteiger partial charge in [0.25, 0.3) is 0 Å². The van der Waals surface area contributed by atoms with Crippen LogP contribution in [0.25, 0.3) is 6.08 Å². The van der Waals surface area contributed by atoms with E-state index in [1.54, 1.807) is 0 Å². The van der Waals surface area contributed by atoms with Crippen LogP contribution in [0.2, 0.25) is 0 Å². The number of aryl methyl sites for hydroxylation is 2. The van der Waals surface area contributed by atoms with Crippen molar-refractivity contribution >= 4 is 17.5 Å². The lowest BCUT2D eigenvalue weighted by Crippen LogP contribution is -2.07. The van der Waals surface area contributed by atoms with Crippen molar-refractivity contribution in [2.24, 2.45) is 12.0 Å². The molecule has 1 unspecified atom stereocenters. The van der Waals surface area contributed by atoms with Crippen molar-refractivity contribution in [1.82, 2.24) is 14.3 Å². The van der Waals surface area contributed by atoms with Crippen molar-refractivity contribution in [1.29, 1.82) is 0 Å². The second kappa shape index (κ2) is 9.40. The summed E-state index contributed by atoms with van der Waals surface area (Å²) in [5.41, 5.74) is 8.12. The molecule has 0 aliphatic heterocycles. The second-order valence-corrected chi connectivity index (χ2v) is 7.90. The number of aromatic nitrogens is 3. The van der Waals surface area contributed by atoms with Crippen molar-refractivity contribution in [2.75, 3.05) is 0 Å². The molecular weight excluding hydrogens is 344 g/mol. The number of allylic oxidation sites excluding steroid dienone is 1. The van der Waals surface area contributed by atoms with Gasteiger partial charge in [0.05, 0.1) is 17.1 Å².